The van der Waals surface area contributed by atoms with Crippen LogP contribution in [0.5, 0.6) is 5.75 Å². The number of anilines is 1. The molecule has 6 rings (SSSR count). The van der Waals surface area contributed by atoms with Gasteiger partial charge >= 0.3 is 5.97 Å². The third-order valence-electron chi connectivity index (χ3n) is 7.88. The summed E-state index contributed by atoms with van der Waals surface area (Å²) in [6.45, 7) is -0.731. The highest BCUT2D eigenvalue weighted by Gasteiger charge is 2.54. The van der Waals surface area contributed by atoms with Gasteiger partial charge in [-0.25, -0.2) is 0 Å². The van der Waals surface area contributed by atoms with Gasteiger partial charge in [0.15, 0.2) is 12.7 Å². The van der Waals surface area contributed by atoms with Crippen LogP contribution in [0.2, 0.25) is 0 Å². The molecule has 3 amide bonds. The number of benzene rings is 1. The highest BCUT2D eigenvalue weighted by Crippen LogP contribution is 2.60. The van der Waals surface area contributed by atoms with Crippen molar-refractivity contribution >= 4 is 29.4 Å². The van der Waals surface area contributed by atoms with Gasteiger partial charge in [-0.15, -0.1) is 0 Å². The summed E-state index contributed by atoms with van der Waals surface area (Å²) in [5.41, 5.74) is 0.177. The summed E-state index contributed by atoms with van der Waals surface area (Å²) < 4.78 is 10.9. The Hall–Kier alpha value is -3.10. The number of carbonyl (C=O) groups excluding carboxylic acids is 4. The smallest absolute Gasteiger partial charge is 0.325 e. The van der Waals surface area contributed by atoms with Crippen LogP contribution >= 0.6 is 0 Å². The summed E-state index contributed by atoms with van der Waals surface area (Å²) >= 11 is 0. The van der Waals surface area contributed by atoms with Crippen LogP contribution in [-0.2, 0) is 23.9 Å². The molecule has 0 aromatic heterocycles. The minimum absolute atomic E-state index is 0.00975. The molecular weight excluding hydrogens is 438 g/mol. The van der Waals surface area contributed by atoms with Crippen LogP contribution in [-0.4, -0.2) is 56.5 Å². The molecule has 4 saturated carbocycles. The van der Waals surface area contributed by atoms with Crippen molar-refractivity contribution in [3.8, 4) is 5.75 Å². The van der Waals surface area contributed by atoms with E-state index in [0.717, 1.165) is 19.3 Å². The third-order valence-corrected chi connectivity index (χ3v) is 7.88. The van der Waals surface area contributed by atoms with Crippen LogP contribution in [0, 0.1) is 23.2 Å². The Morgan fingerprint density at radius 2 is 1.71 bits per heavy atom. The number of hydrogen-bond acceptors (Lipinski definition) is 6. The van der Waals surface area contributed by atoms with Gasteiger partial charge in [0.2, 0.25) is 5.91 Å². The molecule has 9 heteroatoms. The number of fused-ring (bicyclic) bond motifs is 1. The molecule has 4 bridgehead atoms. The Morgan fingerprint density at radius 1 is 1.06 bits per heavy atom. The Kier molecular flexibility index (Phi) is 5.95. The molecule has 1 aliphatic heterocycles. The number of rotatable bonds is 6. The van der Waals surface area contributed by atoms with E-state index in [-0.39, 0.29) is 30.3 Å². The first kappa shape index (κ1) is 22.7. The molecule has 182 valence electrons. The summed E-state index contributed by atoms with van der Waals surface area (Å²) in [4.78, 5) is 51.7. The number of para-hydroxylation sites is 2. The fourth-order valence-corrected chi connectivity index (χ4v) is 6.77. The molecule has 4 aliphatic carbocycles. The molecule has 5 aliphatic rings. The van der Waals surface area contributed by atoms with Crippen molar-refractivity contribution in [2.45, 2.75) is 44.6 Å². The Bertz CT molecular complexity index is 973. The van der Waals surface area contributed by atoms with Gasteiger partial charge in [0.25, 0.3) is 11.8 Å². The number of likely N-dealkylation sites (N-methyl/N-ethyl adjacent to an activating group) is 1. The summed E-state index contributed by atoms with van der Waals surface area (Å²) in [6.07, 6.45) is 5.61. The number of esters is 1. The van der Waals surface area contributed by atoms with Crippen molar-refractivity contribution in [2.75, 3.05) is 31.6 Å². The lowest BCUT2D eigenvalue weighted by Gasteiger charge is -2.55. The van der Waals surface area contributed by atoms with Gasteiger partial charge in [0.05, 0.1) is 12.2 Å². The van der Waals surface area contributed by atoms with E-state index in [4.69, 9.17) is 9.47 Å². The summed E-state index contributed by atoms with van der Waals surface area (Å²) in [5, 5.41) is 5.30. The maximum absolute atomic E-state index is 13.0. The second-order valence-electron chi connectivity index (χ2n) is 10.2. The maximum Gasteiger partial charge on any atom is 0.325 e. The highest BCUT2D eigenvalue weighted by atomic mass is 16.5. The fraction of sp³-hybridized carbons (Fsp3) is 0.600. The molecule has 0 saturated heterocycles. The van der Waals surface area contributed by atoms with Crippen molar-refractivity contribution in [1.29, 1.82) is 0 Å². The lowest BCUT2D eigenvalue weighted by molar-refractivity contribution is -0.152. The van der Waals surface area contributed by atoms with Gasteiger partial charge in [0.1, 0.15) is 12.3 Å². The number of ether oxygens (including phenoxy) is 2. The Labute approximate surface area is 198 Å². The highest BCUT2D eigenvalue weighted by molar-refractivity contribution is 5.98. The maximum atomic E-state index is 13.0. The lowest BCUT2D eigenvalue weighted by Crippen LogP contribution is -2.54. The standard InChI is InChI=1S/C25H31N3O6/c1-26-23(31)20-13-28(18-4-2-3-5-19(18)34-20)21(29)14-33-22(30)12-27-24(32)25-9-15-6-16(10-25)8-17(7-15)11-25/h2-5,15-17,20H,6-14H2,1H3,(H,26,31)(H,27,32). The van der Waals surface area contributed by atoms with E-state index in [9.17, 15) is 19.2 Å². The van der Waals surface area contributed by atoms with Crippen LogP contribution in [0.25, 0.3) is 0 Å². The number of nitrogens with one attached hydrogen (secondary N) is 2. The molecule has 2 N–H and O–H groups in total. The first-order chi connectivity index (χ1) is 16.4. The molecule has 0 radical (unpaired) electrons. The van der Waals surface area contributed by atoms with E-state index in [1.165, 1.54) is 31.2 Å². The van der Waals surface area contributed by atoms with Gasteiger partial charge in [-0.1, -0.05) is 12.1 Å². The molecule has 1 aromatic rings. The van der Waals surface area contributed by atoms with E-state index in [2.05, 4.69) is 10.6 Å². The van der Waals surface area contributed by atoms with Crippen molar-refractivity contribution in [3.05, 3.63) is 24.3 Å². The summed E-state index contributed by atoms with van der Waals surface area (Å²) in [5.74, 6) is 0.790. The van der Waals surface area contributed by atoms with Gasteiger partial charge in [-0.3, -0.25) is 19.2 Å². The summed E-state index contributed by atoms with van der Waals surface area (Å²) in [6, 6.07) is 6.90. The van der Waals surface area contributed by atoms with Crippen molar-refractivity contribution in [3.63, 3.8) is 0 Å². The first-order valence-electron chi connectivity index (χ1n) is 12.1. The monoisotopic (exact) mass is 469 g/mol. The largest absolute Gasteiger partial charge is 0.477 e. The number of hydrogen-bond donors (Lipinski definition) is 2. The fourth-order valence-electron chi connectivity index (χ4n) is 6.77. The Morgan fingerprint density at radius 3 is 2.35 bits per heavy atom. The number of carbonyl (C=O) groups is 4. The molecule has 0 spiro atoms. The average molecular weight is 470 g/mol. The topological polar surface area (TPSA) is 114 Å². The van der Waals surface area contributed by atoms with Crippen LogP contribution in [0.1, 0.15) is 38.5 Å². The molecule has 1 unspecified atom stereocenters. The zero-order chi connectivity index (χ0) is 23.9. The van der Waals surface area contributed by atoms with Crippen LogP contribution in [0.3, 0.4) is 0 Å². The van der Waals surface area contributed by atoms with Crippen molar-refractivity contribution in [2.24, 2.45) is 23.2 Å². The molecule has 1 atom stereocenters. The molecule has 4 fully saturated rings. The molecule has 1 heterocycles. The average Bonchev–Trinajstić information content (AvgIpc) is 2.83. The second kappa shape index (κ2) is 8.92. The second-order valence-corrected chi connectivity index (χ2v) is 10.2. The van der Waals surface area contributed by atoms with E-state index in [1.54, 1.807) is 24.3 Å². The predicted octanol–water partition coefficient (Wildman–Crippen LogP) is 1.40. The van der Waals surface area contributed by atoms with Gasteiger partial charge in [0, 0.05) is 12.5 Å². The zero-order valence-electron chi connectivity index (χ0n) is 19.4. The van der Waals surface area contributed by atoms with E-state index in [0.29, 0.717) is 29.2 Å². The van der Waals surface area contributed by atoms with Crippen LogP contribution < -0.4 is 20.3 Å². The molecule has 1 aromatic carbocycles. The lowest BCUT2D eigenvalue weighted by atomic mass is 9.49. The molecular formula is C25H31N3O6. The number of nitrogens with zero attached hydrogens (tertiary/aromatic N) is 1. The first-order valence-corrected chi connectivity index (χ1v) is 12.1. The SMILES string of the molecule is CNC(=O)C1CN(C(=O)COC(=O)CNC(=O)C23CC4CC(CC(C4)C2)C3)c2ccccc2O1. The van der Waals surface area contributed by atoms with Gasteiger partial charge in [-0.2, -0.15) is 0 Å². The number of amides is 3. The van der Waals surface area contributed by atoms with Gasteiger partial charge < -0.3 is 25.0 Å². The quantitative estimate of drug-likeness (QED) is 0.609. The Balaban J connectivity index is 1.15. The molecule has 9 nitrogen and oxygen atoms in total. The third kappa shape index (κ3) is 4.23. The van der Waals surface area contributed by atoms with Crippen LogP contribution in [0.4, 0.5) is 5.69 Å². The van der Waals surface area contributed by atoms with Crippen molar-refractivity contribution in [1.82, 2.24) is 10.6 Å². The normalized spacial score (nSPS) is 30.7. The predicted molar refractivity (Wildman–Crippen MR) is 122 cm³/mol. The minimum Gasteiger partial charge on any atom is -0.477 e. The van der Waals surface area contributed by atoms with E-state index in [1.807, 2.05) is 0 Å². The molecule has 34 heavy (non-hydrogen) atoms. The van der Waals surface area contributed by atoms with Gasteiger partial charge in [-0.05, 0) is 68.4 Å². The van der Waals surface area contributed by atoms with Crippen molar-refractivity contribution < 1.29 is 28.7 Å². The van der Waals surface area contributed by atoms with Crippen LogP contribution in [0.15, 0.2) is 24.3 Å². The summed E-state index contributed by atoms with van der Waals surface area (Å²) in [7, 11) is 1.50. The van der Waals surface area contributed by atoms with E-state index < -0.39 is 24.6 Å². The van der Waals surface area contributed by atoms with E-state index >= 15 is 0 Å². The zero-order valence-corrected chi connectivity index (χ0v) is 19.4. The minimum atomic E-state index is -0.862.